The van der Waals surface area contributed by atoms with E-state index in [1.54, 1.807) is 46.0 Å². The zero-order chi connectivity index (χ0) is 23.3. The number of dihydropyridines is 1. The second-order valence-electron chi connectivity index (χ2n) is 7.32. The number of aromatic nitrogens is 3. The summed E-state index contributed by atoms with van der Waals surface area (Å²) in [5.41, 5.74) is 1.18. The molecule has 0 radical (unpaired) electrons. The first-order chi connectivity index (χ1) is 15.5. The molecule has 1 saturated heterocycles. The van der Waals surface area contributed by atoms with Gasteiger partial charge in [0, 0.05) is 42.7 Å². The number of nitrogens with one attached hydrogen (secondary N) is 1. The Hall–Kier alpha value is -1.87. The summed E-state index contributed by atoms with van der Waals surface area (Å²) in [7, 11) is -1.01. The largest absolute Gasteiger partial charge is 0.386 e. The standard InChI is InChI=1S/C20H23Cl2N5O2S.C2H6/c1-30(29)25-11-2-3-16(9-12-25)27-20(28)26(15-6-4-14(21)5-7-15)19(24-27)17-8-10-23-13-18(17)22;1-2/h4-8,13,16,23H,2-3,9-12H2,1H3;1-2H3. The molecule has 0 spiro atoms. The SMILES string of the molecule is CC.CS(=O)N1CCCC(n2nc(C3=CCNC=C3Cl)n(-c3ccc(Cl)cc3)c2=O)CC1. The van der Waals surface area contributed by atoms with Gasteiger partial charge in [-0.15, -0.1) is 5.10 Å². The molecule has 174 valence electrons. The maximum absolute atomic E-state index is 13.5. The molecule has 3 heterocycles. The Morgan fingerprint density at radius 2 is 1.84 bits per heavy atom. The normalized spacial score (nSPS) is 20.2. The van der Waals surface area contributed by atoms with E-state index in [9.17, 15) is 9.00 Å². The third kappa shape index (κ3) is 5.36. The van der Waals surface area contributed by atoms with Crippen LogP contribution in [0.4, 0.5) is 0 Å². The van der Waals surface area contributed by atoms with Crippen molar-refractivity contribution < 1.29 is 4.21 Å². The van der Waals surface area contributed by atoms with Gasteiger partial charge in [-0.3, -0.25) is 0 Å². The van der Waals surface area contributed by atoms with Crippen molar-refractivity contribution in [2.75, 3.05) is 25.9 Å². The zero-order valence-electron chi connectivity index (χ0n) is 18.6. The van der Waals surface area contributed by atoms with Gasteiger partial charge in [0.25, 0.3) is 0 Å². The summed E-state index contributed by atoms with van der Waals surface area (Å²) < 4.78 is 17.0. The summed E-state index contributed by atoms with van der Waals surface area (Å²) >= 11 is 12.5. The predicted molar refractivity (Wildman–Crippen MR) is 133 cm³/mol. The summed E-state index contributed by atoms with van der Waals surface area (Å²) in [5.74, 6) is 0.505. The average molecular weight is 498 g/mol. The predicted octanol–water partition coefficient (Wildman–Crippen LogP) is 4.10. The van der Waals surface area contributed by atoms with E-state index in [0.717, 1.165) is 19.4 Å². The van der Waals surface area contributed by atoms with E-state index in [1.807, 2.05) is 24.2 Å². The van der Waals surface area contributed by atoms with Crippen LogP contribution in [0.2, 0.25) is 5.02 Å². The van der Waals surface area contributed by atoms with Gasteiger partial charge in [0.2, 0.25) is 0 Å². The molecule has 0 amide bonds. The fourth-order valence-corrected chi connectivity index (χ4v) is 4.97. The quantitative estimate of drug-likeness (QED) is 0.689. The van der Waals surface area contributed by atoms with Crippen molar-refractivity contribution in [3.8, 4) is 5.69 Å². The summed E-state index contributed by atoms with van der Waals surface area (Å²) in [4.78, 5) is 13.5. The van der Waals surface area contributed by atoms with Gasteiger partial charge in [-0.2, -0.15) is 0 Å². The van der Waals surface area contributed by atoms with E-state index < -0.39 is 11.0 Å². The zero-order valence-corrected chi connectivity index (χ0v) is 20.9. The van der Waals surface area contributed by atoms with Crippen molar-refractivity contribution in [1.82, 2.24) is 24.0 Å². The Morgan fingerprint density at radius 1 is 1.12 bits per heavy atom. The van der Waals surface area contributed by atoms with Gasteiger partial charge in [0.1, 0.15) is 0 Å². The molecule has 1 fully saturated rings. The molecule has 1 aromatic carbocycles. The second-order valence-corrected chi connectivity index (χ2v) is 9.53. The molecule has 32 heavy (non-hydrogen) atoms. The maximum Gasteiger partial charge on any atom is 0.351 e. The number of rotatable bonds is 4. The summed E-state index contributed by atoms with van der Waals surface area (Å²) in [5, 5.41) is 8.90. The molecule has 4 rings (SSSR count). The molecule has 1 aromatic heterocycles. The minimum Gasteiger partial charge on any atom is -0.386 e. The van der Waals surface area contributed by atoms with Crippen LogP contribution in [-0.4, -0.2) is 48.8 Å². The van der Waals surface area contributed by atoms with E-state index in [1.165, 1.54) is 0 Å². The highest BCUT2D eigenvalue weighted by atomic mass is 35.5. The second kappa shape index (κ2) is 11.3. The highest BCUT2D eigenvalue weighted by Gasteiger charge is 2.27. The molecule has 7 nitrogen and oxygen atoms in total. The van der Waals surface area contributed by atoms with Gasteiger partial charge < -0.3 is 5.32 Å². The average Bonchev–Trinajstić information content (AvgIpc) is 2.97. The Balaban J connectivity index is 0.00000141. The van der Waals surface area contributed by atoms with Crippen LogP contribution in [0.25, 0.3) is 11.3 Å². The van der Waals surface area contributed by atoms with Crippen LogP contribution in [-0.2, 0) is 11.0 Å². The van der Waals surface area contributed by atoms with E-state index in [2.05, 4.69) is 5.32 Å². The minimum absolute atomic E-state index is 0.0663. The summed E-state index contributed by atoms with van der Waals surface area (Å²) in [6, 6.07) is 7.03. The lowest BCUT2D eigenvalue weighted by Crippen LogP contribution is -2.29. The minimum atomic E-state index is -1.01. The molecular weight excluding hydrogens is 469 g/mol. The van der Waals surface area contributed by atoms with Crippen molar-refractivity contribution in [3.63, 3.8) is 0 Å². The van der Waals surface area contributed by atoms with Gasteiger partial charge in [0.15, 0.2) is 5.82 Å². The lowest BCUT2D eigenvalue weighted by Gasteiger charge is -2.16. The number of benzene rings is 1. The molecule has 0 aliphatic carbocycles. The Morgan fingerprint density at radius 3 is 2.50 bits per heavy atom. The molecular formula is C22H29Cl2N5O2S. The lowest BCUT2D eigenvalue weighted by atomic mass is 10.1. The van der Waals surface area contributed by atoms with Gasteiger partial charge >= 0.3 is 5.69 Å². The van der Waals surface area contributed by atoms with Crippen LogP contribution in [0.5, 0.6) is 0 Å². The first kappa shape index (κ1) is 24.8. The van der Waals surface area contributed by atoms with Crippen molar-refractivity contribution in [3.05, 3.63) is 62.9 Å². The summed E-state index contributed by atoms with van der Waals surface area (Å²) in [6.45, 7) is 6.02. The Labute approximate surface area is 201 Å². The van der Waals surface area contributed by atoms with Crippen LogP contribution in [0.3, 0.4) is 0 Å². The number of hydrogen-bond acceptors (Lipinski definition) is 4. The van der Waals surface area contributed by atoms with Crippen molar-refractivity contribution in [1.29, 1.82) is 0 Å². The van der Waals surface area contributed by atoms with Gasteiger partial charge in [-0.05, 0) is 43.5 Å². The van der Waals surface area contributed by atoms with Gasteiger partial charge in [-0.25, -0.2) is 22.6 Å². The molecule has 2 aromatic rings. The highest BCUT2D eigenvalue weighted by Crippen LogP contribution is 2.29. The molecule has 0 bridgehead atoms. The Bertz CT molecular complexity index is 1070. The number of nitrogens with zero attached hydrogens (tertiary/aromatic N) is 4. The van der Waals surface area contributed by atoms with E-state index in [4.69, 9.17) is 28.3 Å². The van der Waals surface area contributed by atoms with Gasteiger partial charge in [0.05, 0.1) is 27.7 Å². The first-order valence-electron chi connectivity index (χ1n) is 10.8. The van der Waals surface area contributed by atoms with Crippen LogP contribution in [0, 0.1) is 0 Å². The molecule has 2 aliphatic rings. The van der Waals surface area contributed by atoms with Crippen LogP contribution >= 0.6 is 23.2 Å². The first-order valence-corrected chi connectivity index (χ1v) is 13.1. The third-order valence-electron chi connectivity index (χ3n) is 5.40. The maximum atomic E-state index is 13.5. The molecule has 2 unspecified atom stereocenters. The molecule has 2 aliphatic heterocycles. The number of halogens is 2. The van der Waals surface area contributed by atoms with E-state index >= 15 is 0 Å². The van der Waals surface area contributed by atoms with E-state index in [-0.39, 0.29) is 11.7 Å². The fraction of sp³-hybridized carbons (Fsp3) is 0.455. The topological polar surface area (TPSA) is 72.2 Å². The van der Waals surface area contributed by atoms with Gasteiger partial charge in [-0.1, -0.05) is 43.1 Å². The molecule has 2 atom stereocenters. The highest BCUT2D eigenvalue weighted by molar-refractivity contribution is 7.81. The Kier molecular flexibility index (Phi) is 8.76. The van der Waals surface area contributed by atoms with Crippen LogP contribution in [0.15, 0.2) is 46.4 Å². The third-order valence-corrected chi connectivity index (χ3v) is 7.06. The van der Waals surface area contributed by atoms with Crippen LogP contribution < -0.4 is 11.0 Å². The smallest absolute Gasteiger partial charge is 0.351 e. The summed E-state index contributed by atoms with van der Waals surface area (Å²) in [6.07, 6.45) is 7.70. The fourth-order valence-electron chi connectivity index (χ4n) is 3.85. The number of allylic oxidation sites excluding steroid dienone is 2. The molecule has 10 heteroatoms. The van der Waals surface area contributed by atoms with Crippen molar-refractivity contribution >= 4 is 39.8 Å². The van der Waals surface area contributed by atoms with Crippen molar-refractivity contribution in [2.24, 2.45) is 0 Å². The number of hydrogen-bond donors (Lipinski definition) is 1. The van der Waals surface area contributed by atoms with E-state index in [0.29, 0.717) is 46.7 Å². The van der Waals surface area contributed by atoms with Crippen LogP contribution in [0.1, 0.15) is 45.0 Å². The van der Waals surface area contributed by atoms with Crippen molar-refractivity contribution in [2.45, 2.75) is 39.2 Å². The monoisotopic (exact) mass is 497 g/mol. The lowest BCUT2D eigenvalue weighted by molar-refractivity contribution is 0.390. The molecule has 0 saturated carbocycles. The molecule has 1 N–H and O–H groups in total.